The predicted molar refractivity (Wildman–Crippen MR) is 55.0 cm³/mol. The Hall–Kier alpha value is -1.38. The number of fused-ring (bicyclic) bond motifs is 1. The van der Waals surface area contributed by atoms with Crippen molar-refractivity contribution in [1.82, 2.24) is 15.0 Å². The topological polar surface area (TPSA) is 41.6 Å². The summed E-state index contributed by atoms with van der Waals surface area (Å²) in [6.07, 6.45) is 4.85. The van der Waals surface area contributed by atoms with Gasteiger partial charge in [-0.05, 0) is 17.9 Å². The van der Waals surface area contributed by atoms with E-state index < -0.39 is 0 Å². The summed E-state index contributed by atoms with van der Waals surface area (Å²) in [5.74, 6) is 1.73. The normalized spacial score (nSPS) is 24.0. The molecule has 72 valence electrons. The van der Waals surface area contributed by atoms with E-state index in [2.05, 4.69) is 28.8 Å². The molecule has 1 N–H and O–H groups in total. The van der Waals surface area contributed by atoms with Crippen LogP contribution in [0.2, 0.25) is 0 Å². The summed E-state index contributed by atoms with van der Waals surface area (Å²) in [5.41, 5.74) is 2.50. The third-order valence-electron chi connectivity index (χ3n) is 3.15. The average Bonchev–Trinajstić information content (AvgIpc) is 2.62. The van der Waals surface area contributed by atoms with Crippen molar-refractivity contribution in [2.45, 2.75) is 26.2 Å². The maximum absolute atomic E-state index is 4.57. The van der Waals surface area contributed by atoms with Gasteiger partial charge in [0, 0.05) is 12.1 Å². The Kier molecular flexibility index (Phi) is 1.34. The highest BCUT2D eigenvalue weighted by Gasteiger charge is 2.48. The summed E-state index contributed by atoms with van der Waals surface area (Å²) in [7, 11) is 0. The molecule has 1 aliphatic carbocycles. The Morgan fingerprint density at radius 3 is 2.93 bits per heavy atom. The predicted octanol–water partition coefficient (Wildman–Crippen LogP) is 2.47. The molecule has 0 aromatic carbocycles. The highest BCUT2D eigenvalue weighted by Crippen LogP contribution is 2.57. The monoisotopic (exact) mass is 187 g/mol. The van der Waals surface area contributed by atoms with Gasteiger partial charge >= 0.3 is 0 Å². The van der Waals surface area contributed by atoms with Gasteiger partial charge in [-0.15, -0.1) is 0 Å². The van der Waals surface area contributed by atoms with Crippen LogP contribution in [0, 0.1) is 5.41 Å². The summed E-state index contributed by atoms with van der Waals surface area (Å²) in [5, 5.41) is 0. The number of aromatic nitrogens is 3. The second-order valence-electron chi connectivity index (χ2n) is 4.76. The van der Waals surface area contributed by atoms with E-state index in [9.17, 15) is 0 Å². The lowest BCUT2D eigenvalue weighted by Gasteiger charge is -1.97. The number of hydrogen-bond acceptors (Lipinski definition) is 2. The third kappa shape index (κ3) is 1.05. The highest BCUT2D eigenvalue weighted by atomic mass is 15.0. The van der Waals surface area contributed by atoms with E-state index in [4.69, 9.17) is 0 Å². The van der Waals surface area contributed by atoms with Crippen molar-refractivity contribution in [1.29, 1.82) is 0 Å². The second kappa shape index (κ2) is 2.35. The number of pyridine rings is 1. The van der Waals surface area contributed by atoms with Crippen LogP contribution in [-0.4, -0.2) is 15.0 Å². The van der Waals surface area contributed by atoms with Gasteiger partial charge in [0.05, 0.1) is 17.2 Å². The van der Waals surface area contributed by atoms with Crippen molar-refractivity contribution in [3.63, 3.8) is 0 Å². The molecule has 1 unspecified atom stereocenters. The molecule has 0 aliphatic heterocycles. The molecule has 0 radical (unpaired) electrons. The van der Waals surface area contributed by atoms with Crippen LogP contribution in [-0.2, 0) is 0 Å². The Labute approximate surface area is 82.6 Å². The van der Waals surface area contributed by atoms with Crippen molar-refractivity contribution < 1.29 is 0 Å². The van der Waals surface area contributed by atoms with Crippen molar-refractivity contribution in [2.24, 2.45) is 5.41 Å². The molecule has 1 fully saturated rings. The molecule has 3 heteroatoms. The van der Waals surface area contributed by atoms with Crippen molar-refractivity contribution in [3.8, 4) is 0 Å². The third-order valence-corrected chi connectivity index (χ3v) is 3.15. The number of hydrogen-bond donors (Lipinski definition) is 1. The van der Waals surface area contributed by atoms with Gasteiger partial charge in [0.15, 0.2) is 0 Å². The number of rotatable bonds is 1. The molecular weight excluding hydrogens is 174 g/mol. The van der Waals surface area contributed by atoms with Crippen LogP contribution in [0.1, 0.15) is 32.0 Å². The molecule has 3 rings (SSSR count). The first-order valence-electron chi connectivity index (χ1n) is 4.96. The Morgan fingerprint density at radius 1 is 1.50 bits per heavy atom. The standard InChI is InChI=1S/C11H13N3/c1-11(2)5-7(11)10-13-8-3-4-12-6-9(8)14-10/h3-4,6-7H,5H2,1-2H3,(H,13,14). The summed E-state index contributed by atoms with van der Waals surface area (Å²) in [6, 6.07) is 1.95. The molecule has 14 heavy (non-hydrogen) atoms. The fourth-order valence-electron chi connectivity index (χ4n) is 1.98. The van der Waals surface area contributed by atoms with Crippen molar-refractivity contribution in [3.05, 3.63) is 24.3 Å². The molecular formula is C11H13N3. The summed E-state index contributed by atoms with van der Waals surface area (Å²) >= 11 is 0. The minimum atomic E-state index is 0.432. The lowest BCUT2D eigenvalue weighted by molar-refractivity contribution is 0.612. The van der Waals surface area contributed by atoms with Crippen molar-refractivity contribution >= 4 is 11.0 Å². The highest BCUT2D eigenvalue weighted by molar-refractivity contribution is 5.73. The van der Waals surface area contributed by atoms with Crippen LogP contribution in [0.5, 0.6) is 0 Å². The number of imidazole rings is 1. The number of aromatic amines is 1. The molecule has 2 aromatic rings. The van der Waals surface area contributed by atoms with Gasteiger partial charge in [0.25, 0.3) is 0 Å². The van der Waals surface area contributed by atoms with Crippen LogP contribution in [0.3, 0.4) is 0 Å². The van der Waals surface area contributed by atoms with Crippen LogP contribution in [0.25, 0.3) is 11.0 Å². The molecule has 2 aromatic heterocycles. The van der Waals surface area contributed by atoms with E-state index in [0.717, 1.165) is 16.9 Å². The maximum atomic E-state index is 4.57. The lowest BCUT2D eigenvalue weighted by Crippen LogP contribution is -1.91. The van der Waals surface area contributed by atoms with E-state index in [1.54, 1.807) is 6.20 Å². The van der Waals surface area contributed by atoms with Gasteiger partial charge < -0.3 is 4.98 Å². The van der Waals surface area contributed by atoms with Gasteiger partial charge in [-0.2, -0.15) is 0 Å². The Morgan fingerprint density at radius 2 is 2.29 bits per heavy atom. The van der Waals surface area contributed by atoms with Gasteiger partial charge in [-0.25, -0.2) is 4.98 Å². The van der Waals surface area contributed by atoms with Gasteiger partial charge in [-0.3, -0.25) is 4.98 Å². The van der Waals surface area contributed by atoms with Crippen LogP contribution < -0.4 is 0 Å². The zero-order chi connectivity index (χ0) is 9.76. The first kappa shape index (κ1) is 7.97. The van der Waals surface area contributed by atoms with E-state index >= 15 is 0 Å². The average molecular weight is 187 g/mol. The molecule has 2 heterocycles. The molecule has 1 aliphatic rings. The lowest BCUT2D eigenvalue weighted by atomic mass is 10.1. The SMILES string of the molecule is CC1(C)CC1c1nc2ccncc2[nH]1. The molecule has 0 spiro atoms. The number of H-pyrrole nitrogens is 1. The maximum Gasteiger partial charge on any atom is 0.110 e. The van der Waals surface area contributed by atoms with E-state index in [-0.39, 0.29) is 0 Å². The molecule has 3 nitrogen and oxygen atoms in total. The van der Waals surface area contributed by atoms with Crippen LogP contribution in [0.4, 0.5) is 0 Å². The van der Waals surface area contributed by atoms with E-state index in [0.29, 0.717) is 11.3 Å². The van der Waals surface area contributed by atoms with Gasteiger partial charge in [0.2, 0.25) is 0 Å². The minimum Gasteiger partial charge on any atom is -0.340 e. The summed E-state index contributed by atoms with van der Waals surface area (Å²) < 4.78 is 0. The first-order chi connectivity index (χ1) is 6.67. The molecule has 0 bridgehead atoms. The smallest absolute Gasteiger partial charge is 0.110 e. The summed E-state index contributed by atoms with van der Waals surface area (Å²) in [6.45, 7) is 4.56. The van der Waals surface area contributed by atoms with Crippen LogP contribution >= 0.6 is 0 Å². The largest absolute Gasteiger partial charge is 0.340 e. The van der Waals surface area contributed by atoms with Gasteiger partial charge in [-0.1, -0.05) is 13.8 Å². The minimum absolute atomic E-state index is 0.432. The molecule has 1 saturated carbocycles. The fraction of sp³-hybridized carbons (Fsp3) is 0.455. The second-order valence-corrected chi connectivity index (χ2v) is 4.76. The van der Waals surface area contributed by atoms with E-state index in [1.165, 1.54) is 6.42 Å². The Bertz CT molecular complexity index is 451. The zero-order valence-electron chi connectivity index (χ0n) is 8.41. The number of nitrogens with one attached hydrogen (secondary N) is 1. The molecule has 0 amide bonds. The fourth-order valence-corrected chi connectivity index (χ4v) is 1.98. The zero-order valence-corrected chi connectivity index (χ0v) is 8.41. The number of nitrogens with zero attached hydrogens (tertiary/aromatic N) is 2. The van der Waals surface area contributed by atoms with E-state index in [1.807, 2.05) is 12.3 Å². The first-order valence-corrected chi connectivity index (χ1v) is 4.96. The van der Waals surface area contributed by atoms with Crippen molar-refractivity contribution in [2.75, 3.05) is 0 Å². The quantitative estimate of drug-likeness (QED) is 0.745. The molecule has 1 atom stereocenters. The van der Waals surface area contributed by atoms with Crippen LogP contribution in [0.15, 0.2) is 18.5 Å². The van der Waals surface area contributed by atoms with Gasteiger partial charge in [0.1, 0.15) is 5.82 Å². The Balaban J connectivity index is 2.08. The molecule has 0 saturated heterocycles. The summed E-state index contributed by atoms with van der Waals surface area (Å²) in [4.78, 5) is 12.0.